The van der Waals surface area contributed by atoms with Crippen molar-refractivity contribution >= 4 is 17.8 Å². The Morgan fingerprint density at radius 2 is 1.81 bits per heavy atom. The van der Waals surface area contributed by atoms with E-state index in [-0.39, 0.29) is 46.2 Å². The summed E-state index contributed by atoms with van der Waals surface area (Å²) in [5.74, 6) is 0.574. The van der Waals surface area contributed by atoms with E-state index in [1.165, 1.54) is 24.5 Å². The van der Waals surface area contributed by atoms with Crippen molar-refractivity contribution in [2.75, 3.05) is 37.6 Å². The summed E-state index contributed by atoms with van der Waals surface area (Å²) in [6.45, 7) is 24.0. The number of likely N-dealkylation sites (tertiary alicyclic amines) is 1. The molecule has 2 amide bonds. The molecule has 11 nitrogen and oxygen atoms in total. The number of nitrogens with zero attached hydrogens (tertiary/aromatic N) is 6. The van der Waals surface area contributed by atoms with Crippen molar-refractivity contribution < 1.29 is 23.5 Å². The Labute approximate surface area is 279 Å². The summed E-state index contributed by atoms with van der Waals surface area (Å²) in [6.07, 6.45) is 3.69. The molecule has 4 rings (SSSR count). The molecule has 0 radical (unpaired) electrons. The summed E-state index contributed by atoms with van der Waals surface area (Å²) >= 11 is 0. The van der Waals surface area contributed by atoms with Gasteiger partial charge in [-0.05, 0) is 98.8 Å². The zero-order chi connectivity index (χ0) is 34.7. The highest BCUT2D eigenvalue weighted by atomic mass is 19.1. The lowest BCUT2D eigenvalue weighted by molar-refractivity contribution is -0.0434. The van der Waals surface area contributed by atoms with Crippen molar-refractivity contribution in [2.24, 2.45) is 11.3 Å². The van der Waals surface area contributed by atoms with Crippen LogP contribution in [0.4, 0.5) is 15.0 Å². The first-order chi connectivity index (χ1) is 21.9. The molecule has 2 saturated heterocycles. The van der Waals surface area contributed by atoms with Gasteiger partial charge in [0.05, 0.1) is 5.56 Å². The first-order valence-corrected chi connectivity index (χ1v) is 16.9. The molecular formula is C35H54FN7O4. The average molecular weight is 656 g/mol. The van der Waals surface area contributed by atoms with Crippen LogP contribution in [-0.2, 0) is 4.74 Å². The zero-order valence-electron chi connectivity index (χ0n) is 29.9. The van der Waals surface area contributed by atoms with Crippen LogP contribution in [0.1, 0.15) is 98.9 Å². The van der Waals surface area contributed by atoms with Crippen molar-refractivity contribution in [3.05, 3.63) is 35.9 Å². The molecule has 0 bridgehead atoms. The van der Waals surface area contributed by atoms with Crippen LogP contribution in [0, 0.1) is 17.2 Å². The van der Waals surface area contributed by atoms with E-state index in [2.05, 4.69) is 44.1 Å². The number of nitrogens with one attached hydrogen (secondary N) is 1. The molecular weight excluding hydrogens is 601 g/mol. The largest absolute Gasteiger partial charge is 0.444 e. The van der Waals surface area contributed by atoms with Crippen LogP contribution in [0.2, 0.25) is 0 Å². The molecule has 2 aliphatic heterocycles. The standard InChI is InChI=1S/C35H54FN7O4/c1-11-43(24(4)5)31(44)26-18-25(36)12-13-28(26)46-30-29(37-22-38-40-30)41-17-16-35(19-41)20-42(21-35)27(23(2)3)14-15-34(9,10)47-32(45)39-33(6,7)8/h12-13,18,22-24,27H,11,14-17,19-21H2,1-10H3,(H,39,45). The Morgan fingerprint density at radius 1 is 1.11 bits per heavy atom. The number of amides is 2. The van der Waals surface area contributed by atoms with Gasteiger partial charge in [-0.25, -0.2) is 14.2 Å². The predicted molar refractivity (Wildman–Crippen MR) is 180 cm³/mol. The second-order valence-electron chi connectivity index (χ2n) is 15.5. The third-order valence-electron chi connectivity index (χ3n) is 9.12. The molecule has 47 heavy (non-hydrogen) atoms. The maximum Gasteiger partial charge on any atom is 0.408 e. The van der Waals surface area contributed by atoms with Gasteiger partial charge in [-0.1, -0.05) is 13.8 Å². The monoisotopic (exact) mass is 655 g/mol. The molecule has 1 atom stereocenters. The van der Waals surface area contributed by atoms with E-state index in [0.717, 1.165) is 45.4 Å². The average Bonchev–Trinajstić information content (AvgIpc) is 3.38. The maximum atomic E-state index is 14.3. The maximum absolute atomic E-state index is 14.3. The highest BCUT2D eigenvalue weighted by molar-refractivity contribution is 5.97. The number of carbonyl (C=O) groups is 2. The number of ether oxygens (including phenoxy) is 2. The van der Waals surface area contributed by atoms with E-state index >= 15 is 0 Å². The van der Waals surface area contributed by atoms with E-state index in [1.807, 2.05) is 55.4 Å². The van der Waals surface area contributed by atoms with Gasteiger partial charge in [0.1, 0.15) is 23.5 Å². The van der Waals surface area contributed by atoms with Crippen LogP contribution in [0.5, 0.6) is 11.6 Å². The summed E-state index contributed by atoms with van der Waals surface area (Å²) in [7, 11) is 0. The van der Waals surface area contributed by atoms with Crippen LogP contribution in [0.25, 0.3) is 0 Å². The molecule has 260 valence electrons. The van der Waals surface area contributed by atoms with Crippen LogP contribution in [0.3, 0.4) is 0 Å². The first kappa shape index (κ1) is 36.3. The lowest BCUT2D eigenvalue weighted by Gasteiger charge is -2.53. The normalized spacial score (nSPS) is 17.2. The number of aromatic nitrogens is 3. The quantitative estimate of drug-likeness (QED) is 0.282. The summed E-state index contributed by atoms with van der Waals surface area (Å²) in [4.78, 5) is 36.7. The smallest absolute Gasteiger partial charge is 0.408 e. The first-order valence-electron chi connectivity index (χ1n) is 16.9. The third kappa shape index (κ3) is 9.09. The molecule has 2 fully saturated rings. The number of carbonyl (C=O) groups excluding carboxylic acids is 2. The van der Waals surface area contributed by atoms with E-state index in [0.29, 0.717) is 24.3 Å². The van der Waals surface area contributed by atoms with E-state index in [1.54, 1.807) is 4.90 Å². The molecule has 1 spiro atoms. The number of hydrogen-bond acceptors (Lipinski definition) is 9. The fourth-order valence-electron chi connectivity index (χ4n) is 6.79. The van der Waals surface area contributed by atoms with Crippen molar-refractivity contribution in [1.29, 1.82) is 0 Å². The molecule has 0 saturated carbocycles. The highest BCUT2D eigenvalue weighted by Gasteiger charge is 2.50. The molecule has 1 unspecified atom stereocenters. The molecule has 1 aromatic heterocycles. The topological polar surface area (TPSA) is 113 Å². The van der Waals surface area contributed by atoms with Gasteiger partial charge in [-0.3, -0.25) is 9.69 Å². The summed E-state index contributed by atoms with van der Waals surface area (Å²) < 4.78 is 26.3. The van der Waals surface area contributed by atoms with Crippen LogP contribution < -0.4 is 15.0 Å². The molecule has 0 aliphatic carbocycles. The summed E-state index contributed by atoms with van der Waals surface area (Å²) in [6, 6.07) is 4.24. The van der Waals surface area contributed by atoms with E-state index in [9.17, 15) is 14.0 Å². The highest BCUT2D eigenvalue weighted by Crippen LogP contribution is 2.45. The number of alkyl carbamates (subject to hydrolysis) is 1. The van der Waals surface area contributed by atoms with E-state index in [4.69, 9.17) is 9.47 Å². The molecule has 3 heterocycles. The Balaban J connectivity index is 1.41. The van der Waals surface area contributed by atoms with Crippen molar-refractivity contribution in [1.82, 2.24) is 30.3 Å². The van der Waals surface area contributed by atoms with Gasteiger partial charge < -0.3 is 24.6 Å². The fourth-order valence-corrected chi connectivity index (χ4v) is 6.79. The van der Waals surface area contributed by atoms with Crippen molar-refractivity contribution in [2.45, 2.75) is 112 Å². The summed E-state index contributed by atoms with van der Waals surface area (Å²) in [5.41, 5.74) is -0.683. The minimum absolute atomic E-state index is 0.0600. The third-order valence-corrected chi connectivity index (χ3v) is 9.12. The minimum atomic E-state index is -0.579. The van der Waals surface area contributed by atoms with Crippen molar-refractivity contribution in [3.63, 3.8) is 0 Å². The lowest BCUT2D eigenvalue weighted by Crippen LogP contribution is -2.62. The van der Waals surface area contributed by atoms with Gasteiger partial charge in [0.25, 0.3) is 11.8 Å². The second kappa shape index (κ2) is 14.3. The minimum Gasteiger partial charge on any atom is -0.444 e. The van der Waals surface area contributed by atoms with Gasteiger partial charge in [-0.15, -0.1) is 10.2 Å². The Bertz CT molecular complexity index is 1400. The van der Waals surface area contributed by atoms with Crippen LogP contribution in [-0.4, -0.2) is 92.9 Å². The molecule has 2 aliphatic rings. The number of rotatable bonds is 12. The Hall–Kier alpha value is -3.54. The van der Waals surface area contributed by atoms with Crippen LogP contribution in [0.15, 0.2) is 24.5 Å². The lowest BCUT2D eigenvalue weighted by atomic mass is 9.76. The van der Waals surface area contributed by atoms with Gasteiger partial charge in [-0.2, -0.15) is 0 Å². The SMILES string of the molecule is CCN(C(=O)c1cc(F)ccc1Oc1nncnc1N1CCC2(C1)CN(C(CCC(C)(C)OC(=O)NC(C)(C)C)C(C)C)C2)C(C)C. The van der Waals surface area contributed by atoms with E-state index < -0.39 is 11.4 Å². The second-order valence-corrected chi connectivity index (χ2v) is 15.5. The fraction of sp³-hybridized carbons (Fsp3) is 0.686. The predicted octanol–water partition coefficient (Wildman–Crippen LogP) is 6.29. The van der Waals surface area contributed by atoms with Gasteiger partial charge >= 0.3 is 6.09 Å². The molecule has 12 heteroatoms. The van der Waals surface area contributed by atoms with Crippen LogP contribution >= 0.6 is 0 Å². The molecule has 1 N–H and O–H groups in total. The number of hydrogen-bond donors (Lipinski definition) is 1. The number of halogens is 1. The number of anilines is 1. The van der Waals surface area contributed by atoms with Gasteiger partial charge in [0.2, 0.25) is 0 Å². The van der Waals surface area contributed by atoms with Gasteiger partial charge in [0, 0.05) is 55.8 Å². The zero-order valence-corrected chi connectivity index (χ0v) is 29.9. The van der Waals surface area contributed by atoms with Crippen molar-refractivity contribution in [3.8, 4) is 11.6 Å². The Morgan fingerprint density at radius 3 is 2.43 bits per heavy atom. The van der Waals surface area contributed by atoms with Gasteiger partial charge in [0.15, 0.2) is 5.82 Å². The summed E-state index contributed by atoms with van der Waals surface area (Å²) in [5, 5.41) is 11.1. The molecule has 2 aromatic rings. The molecule has 1 aromatic carbocycles. The number of benzene rings is 1. The Kier molecular flexibility index (Phi) is 11.0.